The van der Waals surface area contributed by atoms with Gasteiger partial charge in [0.1, 0.15) is 0 Å². The number of amides is 1. The Hall–Kier alpha value is -1.13. The van der Waals surface area contributed by atoms with E-state index in [4.69, 9.17) is 0 Å². The van der Waals surface area contributed by atoms with Crippen LogP contribution in [0.2, 0.25) is 0 Å². The number of nitrogens with one attached hydrogen (secondary N) is 1. The van der Waals surface area contributed by atoms with Crippen molar-refractivity contribution in [2.45, 2.75) is 25.7 Å². The smallest absolute Gasteiger partial charge is 0.244 e. The number of aliphatic hydroxyl groups is 1. The average Bonchev–Trinajstić information content (AvgIpc) is 2.52. The first-order chi connectivity index (χ1) is 10.2. The fraction of sp³-hybridized carbons (Fsp3) is 0.471. The third-order valence-electron chi connectivity index (χ3n) is 4.16. The average molecular weight is 352 g/mol. The van der Waals surface area contributed by atoms with Gasteiger partial charge in [0.2, 0.25) is 5.91 Å². The van der Waals surface area contributed by atoms with E-state index in [2.05, 4.69) is 21.2 Å². The lowest BCUT2D eigenvalue weighted by molar-refractivity contribution is -0.116. The molecule has 0 aromatic heterocycles. The van der Waals surface area contributed by atoms with Crippen molar-refractivity contribution >= 4 is 27.9 Å². The molecule has 0 bridgehead atoms. The van der Waals surface area contributed by atoms with E-state index >= 15 is 0 Å². The summed E-state index contributed by atoms with van der Waals surface area (Å²) < 4.78 is 0.974. The lowest BCUT2D eigenvalue weighted by Crippen LogP contribution is -2.34. The second kappa shape index (κ2) is 8.35. The lowest BCUT2D eigenvalue weighted by Gasteiger charge is -2.30. The van der Waals surface area contributed by atoms with Crippen molar-refractivity contribution in [1.29, 1.82) is 0 Å². The maximum absolute atomic E-state index is 11.9. The second-order valence-corrected chi connectivity index (χ2v) is 6.44. The molecule has 1 aromatic carbocycles. The van der Waals surface area contributed by atoms with Crippen LogP contribution in [0.5, 0.6) is 0 Å². The second-order valence-electron chi connectivity index (χ2n) is 5.59. The summed E-state index contributed by atoms with van der Waals surface area (Å²) >= 11 is 3.45. The van der Waals surface area contributed by atoms with Crippen molar-refractivity contribution in [3.63, 3.8) is 0 Å². The molecule has 1 amide bonds. The first kappa shape index (κ1) is 16.2. The molecule has 0 heterocycles. The summed E-state index contributed by atoms with van der Waals surface area (Å²) in [6, 6.07) is 7.79. The van der Waals surface area contributed by atoms with Crippen molar-refractivity contribution in [2.75, 3.05) is 13.2 Å². The third kappa shape index (κ3) is 4.97. The molecular weight excluding hydrogens is 330 g/mol. The molecular formula is C17H22BrNO2. The SMILES string of the molecule is O=C(C=Cc1ccccc1Br)NCC1CCCCC1CO. The number of benzene rings is 1. The van der Waals surface area contributed by atoms with Gasteiger partial charge in [-0.15, -0.1) is 0 Å². The van der Waals surface area contributed by atoms with Gasteiger partial charge < -0.3 is 10.4 Å². The molecule has 1 fully saturated rings. The van der Waals surface area contributed by atoms with Crippen molar-refractivity contribution in [2.24, 2.45) is 11.8 Å². The highest BCUT2D eigenvalue weighted by atomic mass is 79.9. The lowest BCUT2D eigenvalue weighted by atomic mass is 9.79. The van der Waals surface area contributed by atoms with Crippen LogP contribution in [-0.4, -0.2) is 24.2 Å². The largest absolute Gasteiger partial charge is 0.396 e. The van der Waals surface area contributed by atoms with Gasteiger partial charge in [-0.3, -0.25) is 4.79 Å². The van der Waals surface area contributed by atoms with E-state index in [0.717, 1.165) is 22.9 Å². The molecule has 114 valence electrons. The Morgan fingerprint density at radius 3 is 2.71 bits per heavy atom. The van der Waals surface area contributed by atoms with Gasteiger partial charge in [-0.05, 0) is 42.4 Å². The molecule has 0 spiro atoms. The van der Waals surface area contributed by atoms with Crippen LogP contribution in [0.25, 0.3) is 6.08 Å². The fourth-order valence-corrected chi connectivity index (χ4v) is 3.28. The minimum Gasteiger partial charge on any atom is -0.396 e. The van der Waals surface area contributed by atoms with Gasteiger partial charge in [0, 0.05) is 23.7 Å². The molecule has 1 aliphatic rings. The fourth-order valence-electron chi connectivity index (χ4n) is 2.86. The molecule has 0 aliphatic heterocycles. The Morgan fingerprint density at radius 1 is 1.29 bits per heavy atom. The van der Waals surface area contributed by atoms with Crippen LogP contribution in [-0.2, 0) is 4.79 Å². The molecule has 1 saturated carbocycles. The van der Waals surface area contributed by atoms with Crippen LogP contribution in [0.15, 0.2) is 34.8 Å². The summed E-state index contributed by atoms with van der Waals surface area (Å²) in [4.78, 5) is 11.9. The first-order valence-corrected chi connectivity index (χ1v) is 8.31. The monoisotopic (exact) mass is 351 g/mol. The van der Waals surface area contributed by atoms with Crippen molar-refractivity contribution in [3.8, 4) is 0 Å². The van der Waals surface area contributed by atoms with Gasteiger partial charge in [-0.2, -0.15) is 0 Å². The standard InChI is InChI=1S/C17H22BrNO2/c18-16-8-4-3-5-13(16)9-10-17(21)19-11-14-6-1-2-7-15(14)12-20/h3-5,8-10,14-15,20H,1-2,6-7,11-12H2,(H,19,21). The van der Waals surface area contributed by atoms with Crippen molar-refractivity contribution in [3.05, 3.63) is 40.4 Å². The molecule has 2 unspecified atom stereocenters. The Labute approximate surface area is 134 Å². The summed E-state index contributed by atoms with van der Waals surface area (Å²) in [5.74, 6) is 0.670. The zero-order valence-electron chi connectivity index (χ0n) is 12.1. The zero-order chi connectivity index (χ0) is 15.1. The highest BCUT2D eigenvalue weighted by Crippen LogP contribution is 2.29. The van der Waals surface area contributed by atoms with E-state index in [-0.39, 0.29) is 12.5 Å². The van der Waals surface area contributed by atoms with Gasteiger partial charge in [-0.1, -0.05) is 47.0 Å². The number of aliphatic hydroxyl groups excluding tert-OH is 1. The topological polar surface area (TPSA) is 49.3 Å². The number of rotatable bonds is 5. The third-order valence-corrected chi connectivity index (χ3v) is 4.88. The summed E-state index contributed by atoms with van der Waals surface area (Å²) in [6.45, 7) is 0.887. The Bertz CT molecular complexity index is 501. The molecule has 2 rings (SSSR count). The molecule has 1 aliphatic carbocycles. The first-order valence-electron chi connectivity index (χ1n) is 7.52. The van der Waals surface area contributed by atoms with Crippen LogP contribution in [0.4, 0.5) is 0 Å². The predicted molar refractivity (Wildman–Crippen MR) is 88.7 cm³/mol. The molecule has 0 saturated heterocycles. The Morgan fingerprint density at radius 2 is 2.00 bits per heavy atom. The van der Waals surface area contributed by atoms with Gasteiger partial charge in [0.15, 0.2) is 0 Å². The molecule has 21 heavy (non-hydrogen) atoms. The number of carbonyl (C=O) groups excluding carboxylic acids is 1. The molecule has 2 atom stereocenters. The molecule has 4 heteroatoms. The minimum atomic E-state index is -0.0759. The Balaban J connectivity index is 1.83. The summed E-state index contributed by atoms with van der Waals surface area (Å²) in [5.41, 5.74) is 0.985. The highest BCUT2D eigenvalue weighted by molar-refractivity contribution is 9.10. The summed E-state index contributed by atoms with van der Waals surface area (Å²) in [6.07, 6.45) is 7.94. The minimum absolute atomic E-state index is 0.0759. The quantitative estimate of drug-likeness (QED) is 0.799. The number of hydrogen-bond donors (Lipinski definition) is 2. The van der Waals surface area contributed by atoms with Gasteiger partial charge in [0.05, 0.1) is 0 Å². The van der Waals surface area contributed by atoms with Crippen LogP contribution in [0.3, 0.4) is 0 Å². The maximum Gasteiger partial charge on any atom is 0.244 e. The Kier molecular flexibility index (Phi) is 6.46. The highest BCUT2D eigenvalue weighted by Gasteiger charge is 2.24. The van der Waals surface area contributed by atoms with Crippen LogP contribution in [0.1, 0.15) is 31.2 Å². The zero-order valence-corrected chi connectivity index (χ0v) is 13.7. The maximum atomic E-state index is 11.9. The number of hydrogen-bond acceptors (Lipinski definition) is 2. The van der Waals surface area contributed by atoms with Gasteiger partial charge in [0.25, 0.3) is 0 Å². The van der Waals surface area contributed by atoms with Crippen LogP contribution in [0, 0.1) is 11.8 Å². The van der Waals surface area contributed by atoms with Crippen molar-refractivity contribution < 1.29 is 9.90 Å². The van der Waals surface area contributed by atoms with Gasteiger partial charge in [-0.25, -0.2) is 0 Å². The van der Waals surface area contributed by atoms with E-state index in [0.29, 0.717) is 18.4 Å². The molecule has 1 aromatic rings. The van der Waals surface area contributed by atoms with E-state index in [1.165, 1.54) is 12.8 Å². The van der Waals surface area contributed by atoms with E-state index in [9.17, 15) is 9.90 Å². The van der Waals surface area contributed by atoms with E-state index < -0.39 is 0 Å². The van der Waals surface area contributed by atoms with E-state index in [1.807, 2.05) is 30.3 Å². The van der Waals surface area contributed by atoms with Crippen LogP contribution < -0.4 is 5.32 Å². The summed E-state index contributed by atoms with van der Waals surface area (Å²) in [5, 5.41) is 12.3. The van der Waals surface area contributed by atoms with Crippen LogP contribution >= 0.6 is 15.9 Å². The van der Waals surface area contributed by atoms with E-state index in [1.54, 1.807) is 6.08 Å². The number of carbonyl (C=O) groups is 1. The van der Waals surface area contributed by atoms with Crippen molar-refractivity contribution in [1.82, 2.24) is 5.32 Å². The normalized spacial score (nSPS) is 22.4. The molecule has 2 N–H and O–H groups in total. The summed E-state index contributed by atoms with van der Waals surface area (Å²) in [7, 11) is 0. The van der Waals surface area contributed by atoms with Gasteiger partial charge >= 0.3 is 0 Å². The molecule has 3 nitrogen and oxygen atoms in total. The number of halogens is 1. The predicted octanol–water partition coefficient (Wildman–Crippen LogP) is 3.38. The molecule has 0 radical (unpaired) electrons.